The molecule has 2 aliphatic rings. The number of allylic oxidation sites excluding steroid dienone is 2. The quantitative estimate of drug-likeness (QED) is 0.521. The highest BCUT2D eigenvalue weighted by Gasteiger charge is 2.25. The molecule has 0 aliphatic heterocycles. The topological polar surface area (TPSA) is 33.3 Å². The molecule has 4 rings (SSSR count). The van der Waals surface area contributed by atoms with Crippen LogP contribution in [0.1, 0.15) is 31.7 Å². The second kappa shape index (κ2) is 8.59. The first-order valence-electron chi connectivity index (χ1n) is 9.76. The molecular formula is C23H24F2N2OS. The van der Waals surface area contributed by atoms with Crippen molar-refractivity contribution in [3.05, 3.63) is 71.3 Å². The van der Waals surface area contributed by atoms with Gasteiger partial charge in [-0.1, -0.05) is 36.1 Å². The Kier molecular flexibility index (Phi) is 5.92. The van der Waals surface area contributed by atoms with E-state index in [1.54, 1.807) is 0 Å². The zero-order chi connectivity index (χ0) is 20.4. The Morgan fingerprint density at radius 3 is 2.55 bits per heavy atom. The molecule has 0 heterocycles. The van der Waals surface area contributed by atoms with Crippen LogP contribution in [-0.4, -0.2) is 18.3 Å². The number of hydrogen-bond acceptors (Lipinski definition) is 4. The lowest BCUT2D eigenvalue weighted by Crippen LogP contribution is -2.41. The molecule has 1 atom stereocenters. The van der Waals surface area contributed by atoms with Gasteiger partial charge in [-0.25, -0.2) is 8.78 Å². The van der Waals surface area contributed by atoms with Crippen molar-refractivity contribution in [2.45, 2.75) is 38.3 Å². The van der Waals surface area contributed by atoms with E-state index in [1.807, 2.05) is 24.5 Å². The van der Waals surface area contributed by atoms with Gasteiger partial charge in [-0.3, -0.25) is 0 Å². The monoisotopic (exact) mass is 414 g/mol. The zero-order valence-corrected chi connectivity index (χ0v) is 17.3. The molecule has 2 aromatic rings. The molecule has 0 bridgehead atoms. The van der Waals surface area contributed by atoms with E-state index in [0.717, 1.165) is 22.9 Å². The lowest BCUT2D eigenvalue weighted by atomic mass is 9.92. The number of hydrogen-bond donors (Lipinski definition) is 2. The molecule has 2 aliphatic carbocycles. The third-order valence-electron chi connectivity index (χ3n) is 5.36. The summed E-state index contributed by atoms with van der Waals surface area (Å²) in [6.45, 7) is 2.12. The van der Waals surface area contributed by atoms with Crippen LogP contribution in [0.5, 0.6) is 11.5 Å². The van der Waals surface area contributed by atoms with Gasteiger partial charge in [0.2, 0.25) is 0 Å². The summed E-state index contributed by atoms with van der Waals surface area (Å²) in [6.07, 6.45) is 10.0. The van der Waals surface area contributed by atoms with Crippen molar-refractivity contribution in [2.75, 3.05) is 11.0 Å². The minimum absolute atomic E-state index is 0.00154. The van der Waals surface area contributed by atoms with Crippen LogP contribution in [0.25, 0.3) is 5.57 Å². The van der Waals surface area contributed by atoms with Crippen LogP contribution in [0.15, 0.2) is 54.1 Å². The molecule has 1 saturated carbocycles. The van der Waals surface area contributed by atoms with Crippen molar-refractivity contribution < 1.29 is 13.5 Å². The van der Waals surface area contributed by atoms with Crippen molar-refractivity contribution in [1.82, 2.24) is 5.32 Å². The largest absolute Gasteiger partial charge is 0.454 e. The Morgan fingerprint density at radius 2 is 1.86 bits per heavy atom. The summed E-state index contributed by atoms with van der Waals surface area (Å²) in [4.78, 5) is 0. The number of benzene rings is 2. The summed E-state index contributed by atoms with van der Waals surface area (Å²) in [6, 6.07) is 9.80. The van der Waals surface area contributed by atoms with Gasteiger partial charge in [-0.2, -0.15) is 0 Å². The Morgan fingerprint density at radius 1 is 1.07 bits per heavy atom. The minimum atomic E-state index is -0.723. The van der Waals surface area contributed by atoms with Gasteiger partial charge in [0.05, 0.1) is 0 Å². The highest BCUT2D eigenvalue weighted by atomic mass is 32.2. The number of nitrogens with one attached hydrogen (secondary N) is 2. The Labute approximate surface area is 174 Å². The van der Waals surface area contributed by atoms with E-state index >= 15 is 0 Å². The van der Waals surface area contributed by atoms with Gasteiger partial charge >= 0.3 is 0 Å². The third-order valence-corrected chi connectivity index (χ3v) is 5.80. The molecule has 3 nitrogen and oxygen atoms in total. The summed E-state index contributed by atoms with van der Waals surface area (Å²) in [5.41, 5.74) is 4.07. The first kappa shape index (κ1) is 20.0. The lowest BCUT2D eigenvalue weighted by molar-refractivity contribution is 0.333. The first-order valence-corrected chi connectivity index (χ1v) is 11.0. The van der Waals surface area contributed by atoms with E-state index in [4.69, 9.17) is 4.74 Å². The van der Waals surface area contributed by atoms with Gasteiger partial charge in [0.25, 0.3) is 0 Å². The van der Waals surface area contributed by atoms with E-state index in [1.165, 1.54) is 48.9 Å². The normalized spacial score (nSPS) is 18.8. The van der Waals surface area contributed by atoms with Crippen molar-refractivity contribution in [2.24, 2.45) is 0 Å². The predicted octanol–water partition coefficient (Wildman–Crippen LogP) is 6.30. The van der Waals surface area contributed by atoms with Gasteiger partial charge in [0, 0.05) is 35.7 Å². The van der Waals surface area contributed by atoms with Crippen LogP contribution < -0.4 is 14.8 Å². The van der Waals surface area contributed by atoms with Crippen molar-refractivity contribution >= 4 is 23.2 Å². The van der Waals surface area contributed by atoms with Crippen LogP contribution in [0, 0.1) is 11.6 Å². The zero-order valence-electron chi connectivity index (χ0n) is 16.5. The van der Waals surface area contributed by atoms with Crippen molar-refractivity contribution in [3.63, 3.8) is 0 Å². The summed E-state index contributed by atoms with van der Waals surface area (Å²) in [7, 11) is 0. The highest BCUT2D eigenvalue weighted by Crippen LogP contribution is 2.38. The minimum Gasteiger partial charge on any atom is -0.454 e. The molecule has 1 unspecified atom stereocenters. The molecule has 0 radical (unpaired) electrons. The maximum Gasteiger partial charge on any atom is 0.168 e. The Bertz CT molecular complexity index is 969. The van der Waals surface area contributed by atoms with E-state index in [0.29, 0.717) is 11.8 Å². The van der Waals surface area contributed by atoms with Crippen LogP contribution in [-0.2, 0) is 0 Å². The number of anilines is 1. The van der Waals surface area contributed by atoms with Gasteiger partial charge in [-0.15, -0.1) is 0 Å². The number of halogens is 2. The molecule has 0 spiro atoms. The Hall–Kier alpha value is -2.31. The smallest absolute Gasteiger partial charge is 0.168 e. The maximum absolute atomic E-state index is 14.1. The Balaban J connectivity index is 1.66. The molecule has 29 heavy (non-hydrogen) atoms. The molecular weight excluding hydrogens is 390 g/mol. The fraction of sp³-hybridized carbons (Fsp3) is 0.304. The molecule has 6 heteroatoms. The average Bonchev–Trinajstić information content (AvgIpc) is 3.02. The average molecular weight is 415 g/mol. The summed E-state index contributed by atoms with van der Waals surface area (Å²) < 4.78 is 36.5. The van der Waals surface area contributed by atoms with Crippen molar-refractivity contribution in [1.29, 1.82) is 0 Å². The standard InChI is InChI=1S/C23H24F2N2OS/c1-14-10-15(11-21(14)26-17-4-3-5-17)19-13-18(27-29-2)7-9-22(19)28-23-8-6-16(24)12-20(23)25/h6-13,17,21,26-27H,3-5H2,1-2H3. The maximum atomic E-state index is 14.1. The molecule has 152 valence electrons. The molecule has 1 fully saturated rings. The molecule has 2 N–H and O–H groups in total. The molecule has 2 aromatic carbocycles. The van der Waals surface area contributed by atoms with Gasteiger partial charge in [0.1, 0.15) is 11.6 Å². The van der Waals surface area contributed by atoms with Crippen molar-refractivity contribution in [3.8, 4) is 11.5 Å². The number of ether oxygens (including phenoxy) is 1. The predicted molar refractivity (Wildman–Crippen MR) is 116 cm³/mol. The van der Waals surface area contributed by atoms with Gasteiger partial charge < -0.3 is 14.8 Å². The summed E-state index contributed by atoms with van der Waals surface area (Å²) in [5.74, 6) is -0.820. The van der Waals surface area contributed by atoms with Gasteiger partial charge in [0.15, 0.2) is 11.6 Å². The number of rotatable bonds is 7. The van der Waals surface area contributed by atoms with E-state index < -0.39 is 11.6 Å². The summed E-state index contributed by atoms with van der Waals surface area (Å²) >= 11 is 1.50. The van der Waals surface area contributed by atoms with Crippen LogP contribution in [0.3, 0.4) is 0 Å². The molecule has 0 saturated heterocycles. The SMILES string of the molecule is CSNc1ccc(Oc2ccc(F)cc2F)c(C2=CC(NC3CCC3)C(C)=C2)c1. The third kappa shape index (κ3) is 4.49. The second-order valence-corrected chi connectivity index (χ2v) is 8.09. The van der Waals surface area contributed by atoms with Crippen LogP contribution in [0.4, 0.5) is 14.5 Å². The highest BCUT2D eigenvalue weighted by molar-refractivity contribution is 7.99. The van der Waals surface area contributed by atoms with Crippen LogP contribution >= 0.6 is 11.9 Å². The fourth-order valence-electron chi connectivity index (χ4n) is 3.57. The van der Waals surface area contributed by atoms with Gasteiger partial charge in [-0.05, 0) is 55.7 Å². The lowest BCUT2D eigenvalue weighted by Gasteiger charge is -2.29. The van der Waals surface area contributed by atoms with E-state index in [9.17, 15) is 8.78 Å². The van der Waals surface area contributed by atoms with E-state index in [2.05, 4.69) is 29.1 Å². The van der Waals surface area contributed by atoms with E-state index in [-0.39, 0.29) is 11.8 Å². The second-order valence-electron chi connectivity index (χ2n) is 7.48. The molecule has 0 amide bonds. The van der Waals surface area contributed by atoms with Crippen LogP contribution in [0.2, 0.25) is 0 Å². The fourth-order valence-corrected chi connectivity index (χ4v) is 3.94. The molecule has 0 aromatic heterocycles. The summed E-state index contributed by atoms with van der Waals surface area (Å²) in [5, 5.41) is 3.68. The first-order chi connectivity index (χ1) is 14.0.